The van der Waals surface area contributed by atoms with E-state index in [2.05, 4.69) is 11.7 Å². The highest BCUT2D eigenvalue weighted by molar-refractivity contribution is 5.97. The van der Waals surface area contributed by atoms with Crippen LogP contribution in [0.4, 0.5) is 0 Å². The predicted molar refractivity (Wildman–Crippen MR) is 80.4 cm³/mol. The molecule has 0 saturated heterocycles. The lowest BCUT2D eigenvalue weighted by atomic mass is 10.1. The Bertz CT molecular complexity index is 473. The van der Waals surface area contributed by atoms with Crippen molar-refractivity contribution in [1.82, 2.24) is 4.90 Å². The second-order valence-corrected chi connectivity index (χ2v) is 4.67. The van der Waals surface area contributed by atoms with E-state index in [0.717, 1.165) is 12.8 Å². The summed E-state index contributed by atoms with van der Waals surface area (Å²) in [5, 5.41) is 0. The molecule has 5 nitrogen and oxygen atoms in total. The number of carbonyl (C=O) groups excluding carboxylic acids is 2. The van der Waals surface area contributed by atoms with Crippen molar-refractivity contribution in [2.24, 2.45) is 0 Å². The van der Waals surface area contributed by atoms with Crippen molar-refractivity contribution in [2.75, 3.05) is 27.3 Å². The summed E-state index contributed by atoms with van der Waals surface area (Å²) >= 11 is 0. The summed E-state index contributed by atoms with van der Waals surface area (Å²) in [5.41, 5.74) is 0.515. The van der Waals surface area contributed by atoms with Crippen molar-refractivity contribution in [3.8, 4) is 5.75 Å². The molecule has 0 heterocycles. The Hall–Kier alpha value is -2.04. The average molecular weight is 293 g/mol. The number of rotatable bonds is 8. The second kappa shape index (κ2) is 9.00. The van der Waals surface area contributed by atoms with Gasteiger partial charge in [-0.05, 0) is 18.6 Å². The van der Waals surface area contributed by atoms with Gasteiger partial charge in [0.1, 0.15) is 5.75 Å². The molecule has 0 unspecified atom stereocenters. The summed E-state index contributed by atoms with van der Waals surface area (Å²) in [4.78, 5) is 25.6. The van der Waals surface area contributed by atoms with Crippen molar-refractivity contribution in [2.45, 2.75) is 26.2 Å². The smallest absolute Gasteiger partial charge is 0.307 e. The van der Waals surface area contributed by atoms with Crippen LogP contribution in [0.25, 0.3) is 0 Å². The van der Waals surface area contributed by atoms with E-state index in [4.69, 9.17) is 4.74 Å². The van der Waals surface area contributed by atoms with Gasteiger partial charge in [0.2, 0.25) is 0 Å². The molecule has 0 aliphatic heterocycles. The lowest BCUT2D eigenvalue weighted by Gasteiger charge is -2.23. The van der Waals surface area contributed by atoms with Crippen LogP contribution in [0.5, 0.6) is 5.75 Å². The molecule has 5 heteroatoms. The molecule has 116 valence electrons. The van der Waals surface area contributed by atoms with Crippen LogP contribution in [0.15, 0.2) is 24.3 Å². The van der Waals surface area contributed by atoms with E-state index in [-0.39, 0.29) is 18.3 Å². The van der Waals surface area contributed by atoms with Gasteiger partial charge < -0.3 is 14.4 Å². The van der Waals surface area contributed by atoms with E-state index in [1.165, 1.54) is 14.2 Å². The molecule has 1 amide bonds. The first-order valence-electron chi connectivity index (χ1n) is 7.13. The number of hydrogen-bond donors (Lipinski definition) is 0. The molecule has 0 saturated carbocycles. The minimum atomic E-state index is -0.315. The maximum Gasteiger partial charge on any atom is 0.307 e. The first-order valence-corrected chi connectivity index (χ1v) is 7.13. The van der Waals surface area contributed by atoms with E-state index < -0.39 is 0 Å². The Morgan fingerprint density at radius 1 is 1.14 bits per heavy atom. The first kappa shape index (κ1) is 17.0. The highest BCUT2D eigenvalue weighted by Crippen LogP contribution is 2.19. The molecule has 0 bridgehead atoms. The summed E-state index contributed by atoms with van der Waals surface area (Å²) in [6.07, 6.45) is 2.07. The molecular weight excluding hydrogens is 270 g/mol. The Kier molecular flexibility index (Phi) is 7.29. The number of methoxy groups -OCH3 is 2. The number of esters is 1. The lowest BCUT2D eigenvalue weighted by molar-refractivity contribution is -0.140. The maximum atomic E-state index is 12.6. The van der Waals surface area contributed by atoms with Crippen LogP contribution in [0.1, 0.15) is 36.5 Å². The van der Waals surface area contributed by atoms with Crippen molar-refractivity contribution >= 4 is 11.9 Å². The number of hydrogen-bond acceptors (Lipinski definition) is 4. The van der Waals surface area contributed by atoms with E-state index in [0.29, 0.717) is 24.4 Å². The van der Waals surface area contributed by atoms with Crippen molar-refractivity contribution in [1.29, 1.82) is 0 Å². The molecule has 0 aliphatic carbocycles. The zero-order valence-corrected chi connectivity index (χ0v) is 12.9. The van der Waals surface area contributed by atoms with Gasteiger partial charge in [0.05, 0.1) is 26.2 Å². The number of amides is 1. The van der Waals surface area contributed by atoms with Gasteiger partial charge in [0, 0.05) is 13.1 Å². The van der Waals surface area contributed by atoms with Gasteiger partial charge in [-0.3, -0.25) is 9.59 Å². The fraction of sp³-hybridized carbons (Fsp3) is 0.500. The number of unbranched alkanes of at least 4 members (excludes halogenated alkanes) is 1. The number of nitrogens with zero attached hydrogens (tertiary/aromatic N) is 1. The van der Waals surface area contributed by atoms with Crippen LogP contribution in [-0.2, 0) is 9.53 Å². The van der Waals surface area contributed by atoms with Crippen molar-refractivity contribution < 1.29 is 19.1 Å². The fourth-order valence-corrected chi connectivity index (χ4v) is 1.98. The number of para-hydroxylation sites is 1. The summed E-state index contributed by atoms with van der Waals surface area (Å²) in [7, 11) is 2.89. The van der Waals surface area contributed by atoms with E-state index in [1.54, 1.807) is 23.1 Å². The van der Waals surface area contributed by atoms with Crippen molar-refractivity contribution in [3.63, 3.8) is 0 Å². The van der Waals surface area contributed by atoms with E-state index in [1.807, 2.05) is 6.07 Å². The summed E-state index contributed by atoms with van der Waals surface area (Å²) in [6.45, 7) is 3.03. The van der Waals surface area contributed by atoms with Crippen LogP contribution in [-0.4, -0.2) is 44.1 Å². The highest BCUT2D eigenvalue weighted by atomic mass is 16.5. The van der Waals surface area contributed by atoms with E-state index >= 15 is 0 Å². The zero-order chi connectivity index (χ0) is 15.7. The molecule has 1 aromatic rings. The third-order valence-corrected chi connectivity index (χ3v) is 3.22. The third-order valence-electron chi connectivity index (χ3n) is 3.22. The molecule has 0 atom stereocenters. The van der Waals surface area contributed by atoms with Crippen LogP contribution in [0.2, 0.25) is 0 Å². The maximum absolute atomic E-state index is 12.6. The van der Waals surface area contributed by atoms with Crippen molar-refractivity contribution in [3.05, 3.63) is 29.8 Å². The van der Waals surface area contributed by atoms with Gasteiger partial charge in [-0.1, -0.05) is 25.5 Å². The fourth-order valence-electron chi connectivity index (χ4n) is 1.98. The van der Waals surface area contributed by atoms with Crippen LogP contribution in [0.3, 0.4) is 0 Å². The lowest BCUT2D eigenvalue weighted by Crippen LogP contribution is -2.34. The molecule has 1 aromatic carbocycles. The monoisotopic (exact) mass is 293 g/mol. The molecular formula is C16H23NO4. The minimum absolute atomic E-state index is 0.121. The Morgan fingerprint density at radius 3 is 2.48 bits per heavy atom. The largest absolute Gasteiger partial charge is 0.496 e. The highest BCUT2D eigenvalue weighted by Gasteiger charge is 2.19. The molecule has 0 N–H and O–H groups in total. The van der Waals surface area contributed by atoms with Gasteiger partial charge >= 0.3 is 5.97 Å². The Balaban J connectivity index is 2.85. The SMILES string of the molecule is CCCCN(CCC(=O)OC)C(=O)c1ccccc1OC. The molecule has 0 fully saturated rings. The summed E-state index contributed by atoms with van der Waals surface area (Å²) in [6, 6.07) is 7.11. The van der Waals surface area contributed by atoms with Gasteiger partial charge in [0.15, 0.2) is 0 Å². The van der Waals surface area contributed by atoms with Gasteiger partial charge in [-0.2, -0.15) is 0 Å². The summed E-state index contributed by atoms with van der Waals surface area (Å²) in [5.74, 6) is 0.108. The minimum Gasteiger partial charge on any atom is -0.496 e. The quantitative estimate of drug-likeness (QED) is 0.691. The Labute approximate surface area is 125 Å². The number of benzene rings is 1. The van der Waals surface area contributed by atoms with E-state index in [9.17, 15) is 9.59 Å². The van der Waals surface area contributed by atoms with Crippen LogP contribution in [0, 0.1) is 0 Å². The molecule has 0 spiro atoms. The average Bonchev–Trinajstić information content (AvgIpc) is 2.53. The topological polar surface area (TPSA) is 55.8 Å². The number of carbonyl (C=O) groups is 2. The molecule has 0 radical (unpaired) electrons. The zero-order valence-electron chi connectivity index (χ0n) is 12.9. The predicted octanol–water partition coefficient (Wildman–Crippen LogP) is 2.50. The standard InChI is InChI=1S/C16H23NO4/c1-4-5-11-17(12-10-15(18)21-3)16(19)13-8-6-7-9-14(13)20-2/h6-9H,4-5,10-12H2,1-3H3. The molecule has 21 heavy (non-hydrogen) atoms. The Morgan fingerprint density at radius 2 is 1.86 bits per heavy atom. The van der Waals surface area contributed by atoms with Crippen LogP contribution >= 0.6 is 0 Å². The number of ether oxygens (including phenoxy) is 2. The molecule has 0 aromatic heterocycles. The normalized spacial score (nSPS) is 10.0. The molecule has 1 rings (SSSR count). The summed E-state index contributed by atoms with van der Waals surface area (Å²) < 4.78 is 9.86. The second-order valence-electron chi connectivity index (χ2n) is 4.67. The van der Waals surface area contributed by atoms with Gasteiger partial charge in [-0.25, -0.2) is 0 Å². The van der Waals surface area contributed by atoms with Crippen LogP contribution < -0.4 is 4.74 Å². The third kappa shape index (κ3) is 5.10. The van der Waals surface area contributed by atoms with Gasteiger partial charge in [-0.15, -0.1) is 0 Å². The molecule has 0 aliphatic rings. The van der Waals surface area contributed by atoms with Gasteiger partial charge in [0.25, 0.3) is 5.91 Å². The first-order chi connectivity index (χ1) is 10.1.